The highest BCUT2D eigenvalue weighted by Gasteiger charge is 2.37. The van der Waals surface area contributed by atoms with Gasteiger partial charge >= 0.3 is 0 Å². The van der Waals surface area contributed by atoms with Crippen molar-refractivity contribution in [1.82, 2.24) is 0 Å². The molecule has 86 valence electrons. The number of aliphatic hydroxyl groups is 1. The number of rotatable bonds is 2. The van der Waals surface area contributed by atoms with Crippen molar-refractivity contribution >= 4 is 0 Å². The molecule has 1 N–H and O–H groups in total. The summed E-state index contributed by atoms with van der Waals surface area (Å²) in [6, 6.07) is 0. The third-order valence-electron chi connectivity index (χ3n) is 3.90. The maximum atomic E-state index is 9.30. The molecule has 15 heavy (non-hydrogen) atoms. The van der Waals surface area contributed by atoms with Crippen LogP contribution in [0.2, 0.25) is 0 Å². The van der Waals surface area contributed by atoms with Crippen molar-refractivity contribution in [2.24, 2.45) is 23.2 Å². The van der Waals surface area contributed by atoms with E-state index in [-0.39, 0.29) is 11.5 Å². The predicted molar refractivity (Wildman–Crippen MR) is 65.6 cm³/mol. The van der Waals surface area contributed by atoms with E-state index >= 15 is 0 Å². The molecule has 0 amide bonds. The first kappa shape index (κ1) is 12.5. The SMILES string of the molecule is CC(O)C=CC1C(C)C=CC(C)C1(C)C. The number of aliphatic hydroxyl groups excluding tert-OH is 1. The van der Waals surface area contributed by atoms with Crippen LogP contribution in [0, 0.1) is 23.2 Å². The summed E-state index contributed by atoms with van der Waals surface area (Å²) < 4.78 is 0. The molecule has 0 saturated carbocycles. The fourth-order valence-electron chi connectivity index (χ4n) is 2.39. The molecule has 1 heteroatoms. The largest absolute Gasteiger partial charge is 0.389 e. The van der Waals surface area contributed by atoms with Gasteiger partial charge in [0.2, 0.25) is 0 Å². The molecule has 1 rings (SSSR count). The lowest BCUT2D eigenvalue weighted by Gasteiger charge is -2.43. The van der Waals surface area contributed by atoms with Crippen LogP contribution in [-0.2, 0) is 0 Å². The highest BCUT2D eigenvalue weighted by atomic mass is 16.3. The van der Waals surface area contributed by atoms with Crippen molar-refractivity contribution in [3.05, 3.63) is 24.3 Å². The normalized spacial score (nSPS) is 37.1. The van der Waals surface area contributed by atoms with Crippen LogP contribution in [0.15, 0.2) is 24.3 Å². The minimum absolute atomic E-state index is 0.277. The van der Waals surface area contributed by atoms with Crippen LogP contribution in [0.4, 0.5) is 0 Å². The van der Waals surface area contributed by atoms with E-state index in [1.165, 1.54) is 0 Å². The minimum atomic E-state index is -0.339. The van der Waals surface area contributed by atoms with Gasteiger partial charge in [0.1, 0.15) is 0 Å². The zero-order chi connectivity index (χ0) is 11.6. The molecule has 0 spiro atoms. The van der Waals surface area contributed by atoms with Crippen LogP contribution < -0.4 is 0 Å². The Hall–Kier alpha value is -0.560. The first-order chi connectivity index (χ1) is 6.85. The first-order valence-electron chi connectivity index (χ1n) is 5.90. The average molecular weight is 208 g/mol. The fraction of sp³-hybridized carbons (Fsp3) is 0.714. The van der Waals surface area contributed by atoms with E-state index in [2.05, 4.69) is 45.9 Å². The molecule has 4 atom stereocenters. The van der Waals surface area contributed by atoms with Gasteiger partial charge in [-0.05, 0) is 30.1 Å². The van der Waals surface area contributed by atoms with Crippen molar-refractivity contribution in [3.63, 3.8) is 0 Å². The Balaban J connectivity index is 2.89. The second-order valence-corrected chi connectivity index (χ2v) is 5.51. The molecule has 0 aromatic rings. The molecule has 0 aromatic carbocycles. The molecule has 0 heterocycles. The Morgan fingerprint density at radius 3 is 2.40 bits per heavy atom. The molecule has 0 bridgehead atoms. The smallest absolute Gasteiger partial charge is 0.0692 e. The molecule has 1 nitrogen and oxygen atoms in total. The number of allylic oxidation sites excluding steroid dienone is 3. The van der Waals surface area contributed by atoms with Crippen molar-refractivity contribution in [3.8, 4) is 0 Å². The van der Waals surface area contributed by atoms with Gasteiger partial charge in [-0.3, -0.25) is 0 Å². The molecular weight excluding hydrogens is 184 g/mol. The Labute approximate surface area is 93.9 Å². The lowest BCUT2D eigenvalue weighted by molar-refractivity contribution is 0.145. The second kappa shape index (κ2) is 4.52. The van der Waals surface area contributed by atoms with Crippen molar-refractivity contribution in [2.45, 2.75) is 40.7 Å². The van der Waals surface area contributed by atoms with Gasteiger partial charge < -0.3 is 5.11 Å². The summed E-state index contributed by atoms with van der Waals surface area (Å²) in [5, 5.41) is 9.30. The highest BCUT2D eigenvalue weighted by Crippen LogP contribution is 2.44. The molecule has 0 aliphatic heterocycles. The first-order valence-corrected chi connectivity index (χ1v) is 5.90. The van der Waals surface area contributed by atoms with Crippen LogP contribution in [0.3, 0.4) is 0 Å². The van der Waals surface area contributed by atoms with Crippen molar-refractivity contribution in [1.29, 1.82) is 0 Å². The lowest BCUT2D eigenvalue weighted by Crippen LogP contribution is -2.35. The van der Waals surface area contributed by atoms with Gasteiger partial charge in [0, 0.05) is 0 Å². The summed E-state index contributed by atoms with van der Waals surface area (Å²) in [6.07, 6.45) is 8.38. The second-order valence-electron chi connectivity index (χ2n) is 5.51. The summed E-state index contributed by atoms with van der Waals surface area (Å²) in [5.74, 6) is 1.68. The van der Waals surface area contributed by atoms with E-state index in [0.717, 1.165) is 0 Å². The Morgan fingerprint density at radius 2 is 1.87 bits per heavy atom. The van der Waals surface area contributed by atoms with E-state index in [9.17, 15) is 5.11 Å². The summed E-state index contributed by atoms with van der Waals surface area (Å²) in [5.41, 5.74) is 0.277. The maximum Gasteiger partial charge on any atom is 0.0692 e. The van der Waals surface area contributed by atoms with Gasteiger partial charge in [0.05, 0.1) is 6.10 Å². The summed E-state index contributed by atoms with van der Waals surface area (Å²) in [7, 11) is 0. The van der Waals surface area contributed by atoms with Gasteiger partial charge in [-0.1, -0.05) is 52.0 Å². The van der Waals surface area contributed by atoms with Crippen LogP contribution in [0.5, 0.6) is 0 Å². The zero-order valence-corrected chi connectivity index (χ0v) is 10.6. The number of hydrogen-bond acceptors (Lipinski definition) is 1. The standard InChI is InChI=1S/C14H24O/c1-10-6-7-11(2)14(4,5)13(10)9-8-12(3)15/h6-13,15H,1-5H3. The van der Waals surface area contributed by atoms with Crippen molar-refractivity contribution in [2.75, 3.05) is 0 Å². The van der Waals surface area contributed by atoms with Crippen LogP contribution >= 0.6 is 0 Å². The van der Waals surface area contributed by atoms with Gasteiger partial charge in [-0.25, -0.2) is 0 Å². The topological polar surface area (TPSA) is 20.2 Å². The fourth-order valence-corrected chi connectivity index (χ4v) is 2.39. The zero-order valence-electron chi connectivity index (χ0n) is 10.6. The van der Waals surface area contributed by atoms with Gasteiger partial charge in [0.25, 0.3) is 0 Å². The minimum Gasteiger partial charge on any atom is -0.389 e. The third kappa shape index (κ3) is 2.72. The van der Waals surface area contributed by atoms with E-state index in [1.807, 2.05) is 6.08 Å². The van der Waals surface area contributed by atoms with E-state index < -0.39 is 0 Å². The molecule has 1 aliphatic rings. The van der Waals surface area contributed by atoms with Crippen LogP contribution in [-0.4, -0.2) is 11.2 Å². The Bertz CT molecular complexity index is 261. The molecule has 4 unspecified atom stereocenters. The molecule has 1 aliphatic carbocycles. The van der Waals surface area contributed by atoms with Gasteiger partial charge in [-0.2, -0.15) is 0 Å². The molecule has 0 saturated heterocycles. The van der Waals surface area contributed by atoms with Crippen molar-refractivity contribution < 1.29 is 5.11 Å². The summed E-state index contributed by atoms with van der Waals surface area (Å²) in [6.45, 7) is 11.0. The quantitative estimate of drug-likeness (QED) is 0.689. The Morgan fingerprint density at radius 1 is 1.27 bits per heavy atom. The van der Waals surface area contributed by atoms with E-state index in [4.69, 9.17) is 0 Å². The number of hydrogen-bond donors (Lipinski definition) is 1. The molecular formula is C14H24O. The van der Waals surface area contributed by atoms with E-state index in [1.54, 1.807) is 6.92 Å². The van der Waals surface area contributed by atoms with Crippen LogP contribution in [0.25, 0.3) is 0 Å². The average Bonchev–Trinajstić information content (AvgIpc) is 2.11. The monoisotopic (exact) mass is 208 g/mol. The maximum absolute atomic E-state index is 9.30. The lowest BCUT2D eigenvalue weighted by atomic mass is 9.62. The highest BCUT2D eigenvalue weighted by molar-refractivity contribution is 5.12. The molecule has 0 radical (unpaired) electrons. The predicted octanol–water partition coefficient (Wildman–Crippen LogP) is 3.41. The van der Waals surface area contributed by atoms with Gasteiger partial charge in [0.15, 0.2) is 0 Å². The third-order valence-corrected chi connectivity index (χ3v) is 3.90. The van der Waals surface area contributed by atoms with Crippen LogP contribution in [0.1, 0.15) is 34.6 Å². The van der Waals surface area contributed by atoms with E-state index in [0.29, 0.717) is 17.8 Å². The Kier molecular flexibility index (Phi) is 3.77. The molecule has 0 fully saturated rings. The van der Waals surface area contributed by atoms with Gasteiger partial charge in [-0.15, -0.1) is 0 Å². The summed E-state index contributed by atoms with van der Waals surface area (Å²) >= 11 is 0. The molecule has 0 aromatic heterocycles. The summed E-state index contributed by atoms with van der Waals surface area (Å²) in [4.78, 5) is 0.